The quantitative estimate of drug-likeness (QED) is 0.760. The van der Waals surface area contributed by atoms with E-state index < -0.39 is 0 Å². The summed E-state index contributed by atoms with van der Waals surface area (Å²) < 4.78 is 0. The highest BCUT2D eigenvalue weighted by Crippen LogP contribution is 2.39. The van der Waals surface area contributed by atoms with E-state index >= 15 is 0 Å². The molecule has 2 nitrogen and oxygen atoms in total. The minimum atomic E-state index is 0.473. The Bertz CT molecular complexity index is 506. The van der Waals surface area contributed by atoms with Crippen LogP contribution in [0.15, 0.2) is 18.2 Å². The van der Waals surface area contributed by atoms with Gasteiger partial charge in [-0.05, 0) is 42.9 Å². The molecule has 3 heteroatoms. The third kappa shape index (κ3) is 2.32. The molecule has 2 unspecified atom stereocenters. The Morgan fingerprint density at radius 3 is 2.89 bits per heavy atom. The topological polar surface area (TPSA) is 27.0 Å². The lowest BCUT2D eigenvalue weighted by atomic mass is 9.85. The number of hydrogen-bond acceptors (Lipinski definition) is 2. The van der Waals surface area contributed by atoms with Crippen LogP contribution in [0, 0.1) is 17.2 Å². The molecule has 3 rings (SSSR count). The van der Waals surface area contributed by atoms with Crippen molar-refractivity contribution >= 4 is 17.3 Å². The summed E-state index contributed by atoms with van der Waals surface area (Å²) in [5, 5.41) is 9.38. The van der Waals surface area contributed by atoms with Crippen LogP contribution in [0.4, 0.5) is 5.69 Å². The molecule has 0 spiro atoms. The summed E-state index contributed by atoms with van der Waals surface area (Å²) in [5.41, 5.74) is 2.93. The number of nitriles is 1. The Labute approximate surface area is 120 Å². The number of nitrogens with zero attached hydrogens (tertiary/aromatic N) is 2. The molecule has 0 radical (unpaired) electrons. The zero-order valence-electron chi connectivity index (χ0n) is 11.1. The van der Waals surface area contributed by atoms with Crippen LogP contribution in [0.5, 0.6) is 0 Å². The van der Waals surface area contributed by atoms with Crippen molar-refractivity contribution in [3.63, 3.8) is 0 Å². The number of halogens is 1. The molecule has 0 amide bonds. The van der Waals surface area contributed by atoms with Gasteiger partial charge < -0.3 is 4.90 Å². The van der Waals surface area contributed by atoms with Gasteiger partial charge in [0.1, 0.15) is 6.07 Å². The number of rotatable bonds is 2. The number of alkyl halides is 1. The number of fused-ring (bicyclic) bond motifs is 1. The van der Waals surface area contributed by atoms with Crippen molar-refractivity contribution in [2.45, 2.75) is 44.0 Å². The van der Waals surface area contributed by atoms with E-state index in [-0.39, 0.29) is 0 Å². The molecule has 1 saturated carbocycles. The zero-order chi connectivity index (χ0) is 13.2. The van der Waals surface area contributed by atoms with E-state index in [1.54, 1.807) is 0 Å². The molecular formula is C16H19ClN2. The van der Waals surface area contributed by atoms with E-state index in [1.807, 2.05) is 6.07 Å². The fourth-order valence-corrected chi connectivity index (χ4v) is 3.88. The van der Waals surface area contributed by atoms with Gasteiger partial charge >= 0.3 is 0 Å². The van der Waals surface area contributed by atoms with E-state index in [0.29, 0.717) is 11.9 Å². The monoisotopic (exact) mass is 274 g/mol. The maximum Gasteiger partial charge on any atom is 0.101 e. The lowest BCUT2D eigenvalue weighted by Gasteiger charge is -2.33. The van der Waals surface area contributed by atoms with Gasteiger partial charge in [0, 0.05) is 18.5 Å². The second kappa shape index (κ2) is 5.43. The highest BCUT2D eigenvalue weighted by atomic mass is 35.5. The first-order chi connectivity index (χ1) is 9.33. The Morgan fingerprint density at radius 2 is 2.11 bits per heavy atom. The van der Waals surface area contributed by atoms with E-state index in [0.717, 1.165) is 29.3 Å². The van der Waals surface area contributed by atoms with Gasteiger partial charge in [0.2, 0.25) is 0 Å². The van der Waals surface area contributed by atoms with E-state index in [4.69, 9.17) is 11.6 Å². The van der Waals surface area contributed by atoms with Gasteiger partial charge in [-0.15, -0.1) is 11.6 Å². The fourth-order valence-electron chi connectivity index (χ4n) is 3.71. The van der Waals surface area contributed by atoms with Crippen molar-refractivity contribution in [1.82, 2.24) is 0 Å². The summed E-state index contributed by atoms with van der Waals surface area (Å²) in [6.07, 6.45) is 6.65. The van der Waals surface area contributed by atoms with Gasteiger partial charge in [0.15, 0.2) is 0 Å². The van der Waals surface area contributed by atoms with Crippen molar-refractivity contribution in [2.24, 2.45) is 5.92 Å². The molecule has 2 aliphatic rings. The normalized spacial score (nSPS) is 26.0. The first-order valence-corrected chi connectivity index (χ1v) is 7.72. The van der Waals surface area contributed by atoms with Crippen LogP contribution in [0.2, 0.25) is 0 Å². The van der Waals surface area contributed by atoms with Crippen LogP contribution in [-0.2, 0) is 5.88 Å². The first kappa shape index (κ1) is 12.8. The summed E-state index contributed by atoms with van der Waals surface area (Å²) in [7, 11) is 0. The number of anilines is 1. The van der Waals surface area contributed by atoms with Gasteiger partial charge in [0.05, 0.1) is 11.3 Å². The maximum atomic E-state index is 9.38. The largest absolute Gasteiger partial charge is 0.367 e. The standard InChI is InChI=1S/C16H19ClN2/c17-10-12-5-6-16(14(9-12)11-18)19-8-7-13-3-1-2-4-15(13)19/h5-6,9,13,15H,1-4,7-8,10H2. The molecule has 19 heavy (non-hydrogen) atoms. The van der Waals surface area contributed by atoms with Crippen LogP contribution in [0.25, 0.3) is 0 Å². The van der Waals surface area contributed by atoms with Crippen LogP contribution in [0.1, 0.15) is 43.2 Å². The Hall–Kier alpha value is -1.20. The lowest BCUT2D eigenvalue weighted by molar-refractivity contribution is 0.342. The molecule has 0 N–H and O–H groups in total. The Balaban J connectivity index is 1.92. The van der Waals surface area contributed by atoms with Crippen LogP contribution in [0.3, 0.4) is 0 Å². The highest BCUT2D eigenvalue weighted by Gasteiger charge is 2.36. The molecule has 1 heterocycles. The van der Waals surface area contributed by atoms with Gasteiger partial charge in [-0.3, -0.25) is 0 Å². The van der Waals surface area contributed by atoms with Gasteiger partial charge in [-0.1, -0.05) is 18.9 Å². The second-order valence-corrected chi connectivity index (χ2v) is 5.96. The summed E-state index contributed by atoms with van der Waals surface area (Å²) in [6.45, 7) is 1.10. The SMILES string of the molecule is N#Cc1cc(CCl)ccc1N1CCC2CCCCC21. The summed E-state index contributed by atoms with van der Waals surface area (Å²) in [6, 6.07) is 9.09. The van der Waals surface area contributed by atoms with Crippen molar-refractivity contribution in [3.05, 3.63) is 29.3 Å². The highest BCUT2D eigenvalue weighted by molar-refractivity contribution is 6.17. The summed E-state index contributed by atoms with van der Waals surface area (Å²) in [5.74, 6) is 1.31. The molecule has 0 bridgehead atoms. The van der Waals surface area contributed by atoms with Gasteiger partial charge in [0.25, 0.3) is 0 Å². The van der Waals surface area contributed by atoms with E-state index in [1.165, 1.54) is 32.1 Å². The smallest absolute Gasteiger partial charge is 0.101 e. The van der Waals surface area contributed by atoms with Crippen LogP contribution in [-0.4, -0.2) is 12.6 Å². The molecule has 2 fully saturated rings. The van der Waals surface area contributed by atoms with Gasteiger partial charge in [-0.25, -0.2) is 0 Å². The molecule has 1 aromatic carbocycles. The van der Waals surface area contributed by atoms with Crippen molar-refractivity contribution in [2.75, 3.05) is 11.4 Å². The predicted octanol–water partition coefficient (Wildman–Crippen LogP) is 4.07. The first-order valence-electron chi connectivity index (χ1n) is 7.19. The molecule has 0 aromatic heterocycles. The minimum absolute atomic E-state index is 0.473. The Morgan fingerprint density at radius 1 is 1.26 bits per heavy atom. The van der Waals surface area contributed by atoms with Crippen molar-refractivity contribution in [1.29, 1.82) is 5.26 Å². The van der Waals surface area contributed by atoms with Crippen molar-refractivity contribution < 1.29 is 0 Å². The molecule has 1 aliphatic heterocycles. The third-order valence-corrected chi connectivity index (χ3v) is 4.96. The van der Waals surface area contributed by atoms with Crippen molar-refractivity contribution in [3.8, 4) is 6.07 Å². The fraction of sp³-hybridized carbons (Fsp3) is 0.562. The average Bonchev–Trinajstić information content (AvgIpc) is 2.90. The zero-order valence-corrected chi connectivity index (χ0v) is 11.9. The summed E-state index contributed by atoms with van der Waals surface area (Å²) >= 11 is 5.86. The minimum Gasteiger partial charge on any atom is -0.367 e. The van der Waals surface area contributed by atoms with E-state index in [2.05, 4.69) is 23.1 Å². The Kier molecular flexibility index (Phi) is 3.66. The number of hydrogen-bond donors (Lipinski definition) is 0. The molecule has 1 aromatic rings. The molecular weight excluding hydrogens is 256 g/mol. The molecule has 1 saturated heterocycles. The second-order valence-electron chi connectivity index (χ2n) is 5.69. The lowest BCUT2D eigenvalue weighted by Crippen LogP contribution is -2.35. The summed E-state index contributed by atoms with van der Waals surface area (Å²) in [4.78, 5) is 2.47. The average molecular weight is 275 g/mol. The third-order valence-electron chi connectivity index (χ3n) is 4.66. The van der Waals surface area contributed by atoms with Gasteiger partial charge in [-0.2, -0.15) is 5.26 Å². The number of benzene rings is 1. The molecule has 1 aliphatic carbocycles. The molecule has 2 atom stereocenters. The van der Waals surface area contributed by atoms with Crippen LogP contribution >= 0.6 is 11.6 Å². The molecule has 100 valence electrons. The predicted molar refractivity (Wildman–Crippen MR) is 78.4 cm³/mol. The maximum absolute atomic E-state index is 9.38. The van der Waals surface area contributed by atoms with Crippen LogP contribution < -0.4 is 4.90 Å². The van der Waals surface area contributed by atoms with E-state index in [9.17, 15) is 5.26 Å².